The Labute approximate surface area is 96.4 Å². The molecule has 0 aromatic carbocycles. The van der Waals surface area contributed by atoms with Gasteiger partial charge < -0.3 is 10.2 Å². The van der Waals surface area contributed by atoms with Gasteiger partial charge in [-0.3, -0.25) is 9.59 Å². The molecule has 90 valence electrons. The highest BCUT2D eigenvalue weighted by atomic mass is 16.2. The van der Waals surface area contributed by atoms with Gasteiger partial charge in [-0.1, -0.05) is 0 Å². The molecule has 2 aliphatic rings. The molecule has 1 saturated heterocycles. The summed E-state index contributed by atoms with van der Waals surface area (Å²) in [5.74, 6) is 0.752. The molecular formula is C12H20N2O2. The van der Waals surface area contributed by atoms with Crippen LogP contribution in [0.1, 0.15) is 33.1 Å². The molecular weight excluding hydrogens is 204 g/mol. The van der Waals surface area contributed by atoms with E-state index in [1.807, 2.05) is 18.7 Å². The molecule has 0 spiro atoms. The Hall–Kier alpha value is -1.06. The third kappa shape index (κ3) is 2.74. The monoisotopic (exact) mass is 224 g/mol. The summed E-state index contributed by atoms with van der Waals surface area (Å²) in [7, 11) is 0. The van der Waals surface area contributed by atoms with Crippen LogP contribution in [0.25, 0.3) is 0 Å². The molecule has 2 fully saturated rings. The van der Waals surface area contributed by atoms with Gasteiger partial charge in [-0.2, -0.15) is 0 Å². The van der Waals surface area contributed by atoms with Gasteiger partial charge in [0.25, 0.3) is 0 Å². The fourth-order valence-electron chi connectivity index (χ4n) is 2.14. The zero-order valence-electron chi connectivity index (χ0n) is 10.0. The van der Waals surface area contributed by atoms with Crippen molar-refractivity contribution in [3.8, 4) is 0 Å². The number of nitrogens with zero attached hydrogens (tertiary/aromatic N) is 1. The van der Waals surface area contributed by atoms with Crippen LogP contribution >= 0.6 is 0 Å². The van der Waals surface area contributed by atoms with Crippen LogP contribution in [0.4, 0.5) is 0 Å². The molecule has 4 heteroatoms. The minimum Gasteiger partial charge on any atom is -0.354 e. The third-order valence-electron chi connectivity index (χ3n) is 3.19. The summed E-state index contributed by atoms with van der Waals surface area (Å²) in [5.41, 5.74) is 0. The van der Waals surface area contributed by atoms with Crippen molar-refractivity contribution < 1.29 is 9.59 Å². The average molecular weight is 224 g/mol. The number of amides is 2. The normalized spacial score (nSPS) is 25.3. The van der Waals surface area contributed by atoms with Crippen LogP contribution in [0.3, 0.4) is 0 Å². The van der Waals surface area contributed by atoms with Crippen LogP contribution in [0.15, 0.2) is 0 Å². The van der Waals surface area contributed by atoms with Crippen LogP contribution in [-0.2, 0) is 9.59 Å². The van der Waals surface area contributed by atoms with Gasteiger partial charge in [-0.25, -0.2) is 0 Å². The standard InChI is InChI=1S/C12H20N2O2/c1-8(2)13-12(16)10-5-11(15)14(7-10)6-9-3-4-9/h8-10H,3-7H2,1-2H3,(H,13,16)/t10-/m0/s1. The van der Waals surface area contributed by atoms with Gasteiger partial charge in [0.05, 0.1) is 5.92 Å². The molecule has 1 N–H and O–H groups in total. The third-order valence-corrected chi connectivity index (χ3v) is 3.19. The maximum absolute atomic E-state index is 11.8. The van der Waals surface area contributed by atoms with E-state index in [1.165, 1.54) is 12.8 Å². The van der Waals surface area contributed by atoms with Crippen molar-refractivity contribution in [2.75, 3.05) is 13.1 Å². The van der Waals surface area contributed by atoms with Gasteiger partial charge in [0.2, 0.25) is 11.8 Å². The largest absolute Gasteiger partial charge is 0.354 e. The summed E-state index contributed by atoms with van der Waals surface area (Å²) in [5, 5.41) is 2.88. The fraction of sp³-hybridized carbons (Fsp3) is 0.833. The van der Waals surface area contributed by atoms with E-state index in [-0.39, 0.29) is 23.8 Å². The molecule has 0 bridgehead atoms. The van der Waals surface area contributed by atoms with E-state index in [0.29, 0.717) is 18.9 Å². The van der Waals surface area contributed by atoms with E-state index in [4.69, 9.17) is 0 Å². The molecule has 4 nitrogen and oxygen atoms in total. The first-order chi connectivity index (χ1) is 7.56. The molecule has 1 aliphatic carbocycles. The molecule has 1 aliphatic heterocycles. The Morgan fingerprint density at radius 1 is 1.50 bits per heavy atom. The number of carbonyl (C=O) groups is 2. The van der Waals surface area contributed by atoms with E-state index in [1.54, 1.807) is 0 Å². The zero-order chi connectivity index (χ0) is 11.7. The van der Waals surface area contributed by atoms with Crippen LogP contribution < -0.4 is 5.32 Å². The van der Waals surface area contributed by atoms with Crippen LogP contribution in [0.2, 0.25) is 0 Å². The minimum atomic E-state index is -0.131. The first kappa shape index (κ1) is 11.4. The number of hydrogen-bond acceptors (Lipinski definition) is 2. The van der Waals surface area contributed by atoms with E-state index in [0.717, 1.165) is 6.54 Å². The topological polar surface area (TPSA) is 49.4 Å². The second-order valence-electron chi connectivity index (χ2n) is 5.31. The number of likely N-dealkylation sites (tertiary alicyclic amines) is 1. The second kappa shape index (κ2) is 4.44. The van der Waals surface area contributed by atoms with Crippen molar-refractivity contribution in [3.63, 3.8) is 0 Å². The predicted octanol–water partition coefficient (Wildman–Crippen LogP) is 0.769. The Morgan fingerprint density at radius 2 is 2.19 bits per heavy atom. The summed E-state index contributed by atoms with van der Waals surface area (Å²) < 4.78 is 0. The molecule has 1 heterocycles. The second-order valence-corrected chi connectivity index (χ2v) is 5.31. The minimum absolute atomic E-state index is 0.0293. The molecule has 16 heavy (non-hydrogen) atoms. The molecule has 0 aromatic rings. The summed E-state index contributed by atoms with van der Waals surface area (Å²) in [4.78, 5) is 25.3. The number of hydrogen-bond donors (Lipinski definition) is 1. The molecule has 0 unspecified atom stereocenters. The van der Waals surface area contributed by atoms with Crippen molar-refractivity contribution in [1.29, 1.82) is 0 Å². The highest BCUT2D eigenvalue weighted by Gasteiger charge is 2.37. The Morgan fingerprint density at radius 3 is 2.75 bits per heavy atom. The van der Waals surface area contributed by atoms with E-state index >= 15 is 0 Å². The van der Waals surface area contributed by atoms with Crippen LogP contribution in [-0.4, -0.2) is 35.8 Å². The summed E-state index contributed by atoms with van der Waals surface area (Å²) >= 11 is 0. The van der Waals surface area contributed by atoms with Crippen molar-refractivity contribution in [1.82, 2.24) is 10.2 Å². The van der Waals surface area contributed by atoms with Crippen molar-refractivity contribution in [2.24, 2.45) is 11.8 Å². The lowest BCUT2D eigenvalue weighted by Crippen LogP contribution is -2.37. The molecule has 1 saturated carbocycles. The molecule has 1 atom stereocenters. The summed E-state index contributed by atoms with van der Waals surface area (Å²) in [6.07, 6.45) is 2.88. The lowest BCUT2D eigenvalue weighted by molar-refractivity contribution is -0.129. The summed E-state index contributed by atoms with van der Waals surface area (Å²) in [6, 6.07) is 0.153. The van der Waals surface area contributed by atoms with Gasteiger partial charge in [0.15, 0.2) is 0 Å². The van der Waals surface area contributed by atoms with E-state index in [9.17, 15) is 9.59 Å². The molecule has 0 radical (unpaired) electrons. The summed E-state index contributed by atoms with van der Waals surface area (Å²) in [6.45, 7) is 5.37. The number of rotatable bonds is 4. The van der Waals surface area contributed by atoms with Crippen molar-refractivity contribution >= 4 is 11.8 Å². The van der Waals surface area contributed by atoms with Gasteiger partial charge in [-0.05, 0) is 32.6 Å². The van der Waals surface area contributed by atoms with Gasteiger partial charge in [0.1, 0.15) is 0 Å². The Kier molecular flexibility index (Phi) is 3.17. The molecule has 2 amide bonds. The highest BCUT2D eigenvalue weighted by molar-refractivity contribution is 5.89. The smallest absolute Gasteiger partial charge is 0.225 e. The first-order valence-electron chi connectivity index (χ1n) is 6.14. The fourth-order valence-corrected chi connectivity index (χ4v) is 2.14. The SMILES string of the molecule is CC(C)NC(=O)[C@H]1CC(=O)N(CC2CC2)C1. The van der Waals surface area contributed by atoms with Gasteiger partial charge >= 0.3 is 0 Å². The quantitative estimate of drug-likeness (QED) is 0.766. The average Bonchev–Trinajstić information content (AvgIpc) is 2.90. The van der Waals surface area contributed by atoms with Crippen molar-refractivity contribution in [3.05, 3.63) is 0 Å². The maximum atomic E-state index is 11.8. The number of nitrogens with one attached hydrogen (secondary N) is 1. The highest BCUT2D eigenvalue weighted by Crippen LogP contribution is 2.31. The van der Waals surface area contributed by atoms with E-state index < -0.39 is 0 Å². The maximum Gasteiger partial charge on any atom is 0.225 e. The van der Waals surface area contributed by atoms with E-state index in [2.05, 4.69) is 5.32 Å². The van der Waals surface area contributed by atoms with Gasteiger partial charge in [0, 0.05) is 25.6 Å². The predicted molar refractivity (Wildman–Crippen MR) is 60.7 cm³/mol. The van der Waals surface area contributed by atoms with Gasteiger partial charge in [-0.15, -0.1) is 0 Å². The first-order valence-corrected chi connectivity index (χ1v) is 6.14. The lowest BCUT2D eigenvalue weighted by atomic mass is 10.1. The Balaban J connectivity index is 1.84. The molecule has 0 aromatic heterocycles. The van der Waals surface area contributed by atoms with Crippen LogP contribution in [0, 0.1) is 11.8 Å². The Bertz CT molecular complexity index is 297. The molecule has 2 rings (SSSR count). The van der Waals surface area contributed by atoms with Crippen LogP contribution in [0.5, 0.6) is 0 Å². The number of carbonyl (C=O) groups excluding carboxylic acids is 2. The lowest BCUT2D eigenvalue weighted by Gasteiger charge is -2.16. The van der Waals surface area contributed by atoms with Crippen molar-refractivity contribution in [2.45, 2.75) is 39.2 Å². The zero-order valence-corrected chi connectivity index (χ0v) is 10.0.